The Hall–Kier alpha value is -0.910. The minimum Gasteiger partial charge on any atom is -0.306 e. The average Bonchev–Trinajstić information content (AvgIpc) is 2.73. The first-order valence-corrected chi connectivity index (χ1v) is 9.55. The molecule has 0 aliphatic carbocycles. The molecule has 1 atom stereocenters. The second kappa shape index (κ2) is 6.07. The van der Waals surface area contributed by atoms with E-state index < -0.39 is 9.84 Å². The summed E-state index contributed by atoms with van der Waals surface area (Å²) in [5, 5.41) is 3.59. The summed E-state index contributed by atoms with van der Waals surface area (Å²) in [5.74, 6) is 0.210. The summed E-state index contributed by atoms with van der Waals surface area (Å²) in [6, 6.07) is 7.82. The number of fused-ring (bicyclic) bond motifs is 1. The summed E-state index contributed by atoms with van der Waals surface area (Å²) in [4.78, 5) is 3.02. The van der Waals surface area contributed by atoms with Gasteiger partial charge in [-0.1, -0.05) is 25.1 Å². The number of piperidine rings is 1. The van der Waals surface area contributed by atoms with Crippen LogP contribution in [0.15, 0.2) is 29.2 Å². The Balaban J connectivity index is 1.65. The van der Waals surface area contributed by atoms with E-state index in [9.17, 15) is 8.42 Å². The van der Waals surface area contributed by atoms with Crippen LogP contribution in [-0.2, 0) is 9.84 Å². The molecule has 1 N–H and O–H groups in total. The number of rotatable bonds is 4. The number of hydrogen-bond acceptors (Lipinski definition) is 4. The van der Waals surface area contributed by atoms with Crippen molar-refractivity contribution in [1.82, 2.24) is 10.2 Å². The van der Waals surface area contributed by atoms with Crippen LogP contribution in [0.25, 0.3) is 0 Å². The molecular formula is C16H24N2O2S. The Morgan fingerprint density at radius 1 is 1.24 bits per heavy atom. The molecule has 2 heterocycles. The summed E-state index contributed by atoms with van der Waals surface area (Å²) in [6.45, 7) is 5.62. The molecule has 2 aliphatic heterocycles. The highest BCUT2D eigenvalue weighted by molar-refractivity contribution is 7.91. The molecule has 0 bridgehead atoms. The van der Waals surface area contributed by atoms with E-state index in [0.29, 0.717) is 10.9 Å². The van der Waals surface area contributed by atoms with Crippen molar-refractivity contribution in [3.63, 3.8) is 0 Å². The molecule has 0 spiro atoms. The summed E-state index contributed by atoms with van der Waals surface area (Å²) in [5.41, 5.74) is 0.952. The maximum absolute atomic E-state index is 12.2. The molecule has 1 saturated heterocycles. The zero-order valence-electron chi connectivity index (χ0n) is 12.6. The standard InChI is InChI=1S/C16H24N2O2S/c1-2-9-18-10-7-13(8-11-18)17-15-12-21(19,20)16-6-4-3-5-14(15)16/h3-6,13,15,17H,2,7-12H2,1H3. The van der Waals surface area contributed by atoms with Crippen LogP contribution in [-0.4, -0.2) is 44.7 Å². The second-order valence-corrected chi connectivity index (χ2v) is 8.16. The van der Waals surface area contributed by atoms with E-state index in [-0.39, 0.29) is 11.8 Å². The SMILES string of the molecule is CCCN1CCC(NC2CS(=O)(=O)c3ccccc32)CC1. The van der Waals surface area contributed by atoms with Crippen molar-refractivity contribution in [2.75, 3.05) is 25.4 Å². The first kappa shape index (κ1) is 15.0. The molecule has 0 radical (unpaired) electrons. The van der Waals surface area contributed by atoms with Gasteiger partial charge in [0.05, 0.1) is 10.6 Å². The van der Waals surface area contributed by atoms with Crippen molar-refractivity contribution in [2.24, 2.45) is 0 Å². The second-order valence-electron chi connectivity index (χ2n) is 6.15. The molecule has 0 saturated carbocycles. The van der Waals surface area contributed by atoms with Gasteiger partial charge in [0.1, 0.15) is 0 Å². The first-order valence-electron chi connectivity index (χ1n) is 7.90. The summed E-state index contributed by atoms with van der Waals surface area (Å²) < 4.78 is 24.4. The number of benzene rings is 1. The van der Waals surface area contributed by atoms with Crippen molar-refractivity contribution in [3.8, 4) is 0 Å². The van der Waals surface area contributed by atoms with Gasteiger partial charge in [-0.05, 0) is 50.5 Å². The Morgan fingerprint density at radius 3 is 2.67 bits per heavy atom. The van der Waals surface area contributed by atoms with Gasteiger partial charge in [0.25, 0.3) is 0 Å². The Kier molecular flexibility index (Phi) is 4.33. The average molecular weight is 308 g/mol. The summed E-state index contributed by atoms with van der Waals surface area (Å²) in [6.07, 6.45) is 3.42. The van der Waals surface area contributed by atoms with Gasteiger partial charge in [-0.15, -0.1) is 0 Å². The summed E-state index contributed by atoms with van der Waals surface area (Å²) in [7, 11) is -3.10. The third-order valence-electron chi connectivity index (χ3n) is 4.58. The topological polar surface area (TPSA) is 49.4 Å². The fourth-order valence-corrected chi connectivity index (χ4v) is 5.26. The lowest BCUT2D eigenvalue weighted by Crippen LogP contribution is -2.44. The third-order valence-corrected chi connectivity index (χ3v) is 6.39. The van der Waals surface area contributed by atoms with Crippen LogP contribution in [0, 0.1) is 0 Å². The number of likely N-dealkylation sites (tertiary alicyclic amines) is 1. The van der Waals surface area contributed by atoms with Crippen molar-refractivity contribution in [3.05, 3.63) is 29.8 Å². The number of hydrogen-bond donors (Lipinski definition) is 1. The number of nitrogens with zero attached hydrogens (tertiary/aromatic N) is 1. The van der Waals surface area contributed by atoms with Gasteiger partial charge in [-0.3, -0.25) is 0 Å². The van der Waals surface area contributed by atoms with Crippen molar-refractivity contribution >= 4 is 9.84 Å². The van der Waals surface area contributed by atoms with Gasteiger partial charge in [-0.25, -0.2) is 8.42 Å². The molecule has 0 aromatic heterocycles. The van der Waals surface area contributed by atoms with Crippen molar-refractivity contribution in [1.29, 1.82) is 0 Å². The normalized spacial score (nSPS) is 25.9. The zero-order valence-corrected chi connectivity index (χ0v) is 13.4. The molecule has 3 rings (SSSR count). The Morgan fingerprint density at radius 2 is 1.95 bits per heavy atom. The third kappa shape index (κ3) is 3.15. The molecule has 0 amide bonds. The highest BCUT2D eigenvalue weighted by Crippen LogP contribution is 2.33. The van der Waals surface area contributed by atoms with E-state index in [4.69, 9.17) is 0 Å². The quantitative estimate of drug-likeness (QED) is 0.924. The molecular weight excluding hydrogens is 284 g/mol. The fraction of sp³-hybridized carbons (Fsp3) is 0.625. The van der Waals surface area contributed by atoms with Crippen LogP contribution in [0.4, 0.5) is 0 Å². The highest BCUT2D eigenvalue weighted by atomic mass is 32.2. The number of nitrogens with one attached hydrogen (secondary N) is 1. The lowest BCUT2D eigenvalue weighted by atomic mass is 10.0. The molecule has 5 heteroatoms. The molecule has 1 aromatic carbocycles. The van der Waals surface area contributed by atoms with Crippen molar-refractivity contribution < 1.29 is 8.42 Å². The van der Waals surface area contributed by atoms with Gasteiger partial charge in [0.2, 0.25) is 0 Å². The predicted molar refractivity (Wildman–Crippen MR) is 84.1 cm³/mol. The Labute approximate surface area is 127 Å². The van der Waals surface area contributed by atoms with E-state index in [1.165, 1.54) is 13.0 Å². The van der Waals surface area contributed by atoms with E-state index in [2.05, 4.69) is 17.1 Å². The van der Waals surface area contributed by atoms with Gasteiger partial charge < -0.3 is 10.2 Å². The Bertz CT molecular complexity index is 592. The largest absolute Gasteiger partial charge is 0.306 e. The molecule has 1 fully saturated rings. The van der Waals surface area contributed by atoms with Crippen LogP contribution >= 0.6 is 0 Å². The first-order chi connectivity index (χ1) is 10.1. The molecule has 1 aromatic rings. The molecule has 21 heavy (non-hydrogen) atoms. The van der Waals surface area contributed by atoms with Crippen LogP contribution in [0.5, 0.6) is 0 Å². The molecule has 1 unspecified atom stereocenters. The van der Waals surface area contributed by atoms with E-state index >= 15 is 0 Å². The molecule has 2 aliphatic rings. The smallest absolute Gasteiger partial charge is 0.180 e. The highest BCUT2D eigenvalue weighted by Gasteiger charge is 2.35. The van der Waals surface area contributed by atoms with E-state index in [1.54, 1.807) is 6.07 Å². The van der Waals surface area contributed by atoms with Crippen molar-refractivity contribution in [2.45, 2.75) is 43.2 Å². The van der Waals surface area contributed by atoms with Crippen LogP contribution in [0.2, 0.25) is 0 Å². The van der Waals surface area contributed by atoms with E-state index in [1.807, 2.05) is 18.2 Å². The van der Waals surface area contributed by atoms with E-state index in [0.717, 1.165) is 31.5 Å². The maximum Gasteiger partial charge on any atom is 0.180 e. The lowest BCUT2D eigenvalue weighted by molar-refractivity contribution is 0.193. The van der Waals surface area contributed by atoms with Gasteiger partial charge >= 0.3 is 0 Å². The van der Waals surface area contributed by atoms with Gasteiger partial charge in [0.15, 0.2) is 9.84 Å². The number of sulfone groups is 1. The molecule has 116 valence electrons. The van der Waals surface area contributed by atoms with Crippen LogP contribution in [0.1, 0.15) is 37.8 Å². The van der Waals surface area contributed by atoms with Crippen LogP contribution in [0.3, 0.4) is 0 Å². The minimum atomic E-state index is -3.10. The maximum atomic E-state index is 12.2. The molecule has 4 nitrogen and oxygen atoms in total. The van der Waals surface area contributed by atoms with Crippen LogP contribution < -0.4 is 5.32 Å². The minimum absolute atomic E-state index is 0.0334. The zero-order chi connectivity index (χ0) is 14.9. The predicted octanol–water partition coefficient (Wildman–Crippen LogP) is 1.98. The monoisotopic (exact) mass is 308 g/mol. The lowest BCUT2D eigenvalue weighted by Gasteiger charge is -2.33. The van der Waals surface area contributed by atoms with Gasteiger partial charge in [-0.2, -0.15) is 0 Å². The summed E-state index contributed by atoms with van der Waals surface area (Å²) >= 11 is 0. The fourth-order valence-electron chi connectivity index (χ4n) is 3.51. The van der Waals surface area contributed by atoms with Gasteiger partial charge in [0, 0.05) is 12.1 Å².